The molecule has 1 aliphatic carbocycles. The number of aliphatic hydroxyl groups is 2. The number of aliphatic hydroxyl groups excluding tert-OH is 2. The van der Waals surface area contributed by atoms with E-state index in [-0.39, 0.29) is 38.1 Å². The monoisotopic (exact) mass is 642 g/mol. The first kappa shape index (κ1) is 30.1. The lowest BCUT2D eigenvalue weighted by molar-refractivity contribution is -0.135. The smallest absolute Gasteiger partial charge is 0.247 e. The molecule has 1 fully saturated rings. The highest BCUT2D eigenvalue weighted by molar-refractivity contribution is 14.1. The molecule has 0 bridgehead atoms. The third-order valence-corrected chi connectivity index (χ3v) is 7.26. The van der Waals surface area contributed by atoms with Crippen LogP contribution >= 0.6 is 22.6 Å². The van der Waals surface area contributed by atoms with E-state index in [4.69, 9.17) is 14.2 Å². The molecule has 11 heteroatoms. The first-order valence-corrected chi connectivity index (χ1v) is 13.8. The van der Waals surface area contributed by atoms with E-state index in [2.05, 4.69) is 5.32 Å². The van der Waals surface area contributed by atoms with Crippen molar-refractivity contribution in [2.45, 2.75) is 57.0 Å². The van der Waals surface area contributed by atoms with Gasteiger partial charge in [0.15, 0.2) is 11.5 Å². The molecule has 3 rings (SSSR count). The number of amides is 2. The highest BCUT2D eigenvalue weighted by Crippen LogP contribution is 2.37. The zero-order valence-electron chi connectivity index (χ0n) is 21.6. The molecular formula is C27H35IN2O8. The Hall–Kier alpha value is -2.48. The minimum atomic E-state index is -1.18. The summed E-state index contributed by atoms with van der Waals surface area (Å²) in [5, 5.41) is 23.4. The largest absolute Gasteiger partial charge is 0.493 e. The third-order valence-electron chi connectivity index (χ3n) is 6.46. The van der Waals surface area contributed by atoms with Crippen molar-refractivity contribution in [1.29, 1.82) is 0 Å². The number of rotatable bonds is 12. The van der Waals surface area contributed by atoms with Crippen LogP contribution in [0.15, 0.2) is 35.9 Å². The molecule has 2 amide bonds. The summed E-state index contributed by atoms with van der Waals surface area (Å²) in [6, 6.07) is 2.37. The van der Waals surface area contributed by atoms with Crippen molar-refractivity contribution < 1.29 is 38.8 Å². The fourth-order valence-electron chi connectivity index (χ4n) is 4.55. The van der Waals surface area contributed by atoms with Crippen molar-refractivity contribution in [1.82, 2.24) is 10.2 Å². The summed E-state index contributed by atoms with van der Waals surface area (Å²) in [5.41, 5.74) is 0.721. The van der Waals surface area contributed by atoms with Gasteiger partial charge in [0.05, 0.1) is 29.4 Å². The lowest BCUT2D eigenvalue weighted by atomic mass is 9.87. The van der Waals surface area contributed by atoms with Gasteiger partial charge in [-0.2, -0.15) is 0 Å². The maximum absolute atomic E-state index is 13.3. The van der Waals surface area contributed by atoms with Crippen LogP contribution in [0.4, 0.5) is 0 Å². The third kappa shape index (κ3) is 7.55. The number of carbonyl (C=O) groups excluding carboxylic acids is 3. The lowest BCUT2D eigenvalue weighted by Gasteiger charge is -2.41. The van der Waals surface area contributed by atoms with Crippen LogP contribution in [0.3, 0.4) is 0 Å². The zero-order chi connectivity index (χ0) is 27.7. The number of hydrogen-bond donors (Lipinski definition) is 3. The Kier molecular flexibility index (Phi) is 11.6. The second kappa shape index (κ2) is 14.6. The molecule has 38 heavy (non-hydrogen) atoms. The van der Waals surface area contributed by atoms with Crippen LogP contribution in [0.1, 0.15) is 43.0 Å². The van der Waals surface area contributed by atoms with E-state index < -0.39 is 24.2 Å². The molecule has 1 saturated heterocycles. The van der Waals surface area contributed by atoms with Gasteiger partial charge < -0.3 is 34.6 Å². The second-order valence-corrected chi connectivity index (χ2v) is 10.3. The maximum Gasteiger partial charge on any atom is 0.247 e. The number of ether oxygens (including phenoxy) is 3. The Morgan fingerprint density at radius 3 is 2.76 bits per heavy atom. The highest BCUT2D eigenvalue weighted by atomic mass is 127. The number of carbonyl (C=O) groups is 3. The van der Waals surface area contributed by atoms with Crippen LogP contribution in [-0.2, 0) is 14.3 Å². The van der Waals surface area contributed by atoms with Gasteiger partial charge in [0, 0.05) is 37.3 Å². The van der Waals surface area contributed by atoms with Gasteiger partial charge in [-0.25, -0.2) is 0 Å². The second-order valence-electron chi connectivity index (χ2n) is 9.10. The molecule has 10 nitrogen and oxygen atoms in total. The van der Waals surface area contributed by atoms with Crippen LogP contribution in [0.5, 0.6) is 11.5 Å². The van der Waals surface area contributed by atoms with Gasteiger partial charge in [-0.1, -0.05) is 13.0 Å². The predicted molar refractivity (Wildman–Crippen MR) is 148 cm³/mol. The summed E-state index contributed by atoms with van der Waals surface area (Å²) in [6.07, 6.45) is 5.54. The van der Waals surface area contributed by atoms with Crippen LogP contribution in [0.2, 0.25) is 0 Å². The van der Waals surface area contributed by atoms with Gasteiger partial charge in [-0.05, 0) is 66.1 Å². The average molecular weight is 642 g/mol. The van der Waals surface area contributed by atoms with Crippen LogP contribution in [0, 0.1) is 3.57 Å². The SMILES string of the molecule is CCC=CC(=O)N(CC1CCCO1)C1CC(C(=O)NCCO)=CC(Oc2c(I)cc(C=O)cc2OC)C1O. The summed E-state index contributed by atoms with van der Waals surface area (Å²) >= 11 is 2.01. The predicted octanol–water partition coefficient (Wildman–Crippen LogP) is 2.00. The number of allylic oxidation sites excluding steroid dienone is 1. The first-order valence-electron chi connectivity index (χ1n) is 12.7. The van der Waals surface area contributed by atoms with Gasteiger partial charge in [0.25, 0.3) is 0 Å². The molecule has 0 aromatic heterocycles. The molecule has 208 valence electrons. The average Bonchev–Trinajstić information content (AvgIpc) is 3.44. The van der Waals surface area contributed by atoms with Crippen molar-refractivity contribution in [3.05, 3.63) is 45.1 Å². The molecule has 0 radical (unpaired) electrons. The van der Waals surface area contributed by atoms with E-state index >= 15 is 0 Å². The molecule has 2 aliphatic rings. The number of halogens is 1. The van der Waals surface area contributed by atoms with Gasteiger partial charge in [0.1, 0.15) is 18.5 Å². The lowest BCUT2D eigenvalue weighted by Crippen LogP contribution is -2.56. The van der Waals surface area contributed by atoms with E-state index in [1.807, 2.05) is 29.5 Å². The molecule has 1 aromatic rings. The summed E-state index contributed by atoms with van der Waals surface area (Å²) in [4.78, 5) is 39.1. The van der Waals surface area contributed by atoms with Crippen molar-refractivity contribution in [3.63, 3.8) is 0 Å². The zero-order valence-corrected chi connectivity index (χ0v) is 23.8. The van der Waals surface area contributed by atoms with Gasteiger partial charge in [-0.15, -0.1) is 0 Å². The first-order chi connectivity index (χ1) is 18.3. The van der Waals surface area contributed by atoms with E-state index in [0.717, 1.165) is 12.8 Å². The molecule has 3 N–H and O–H groups in total. The number of nitrogens with one attached hydrogen (secondary N) is 1. The van der Waals surface area contributed by atoms with Gasteiger partial charge in [0.2, 0.25) is 11.8 Å². The number of benzene rings is 1. The molecule has 1 heterocycles. The Balaban J connectivity index is 2.00. The van der Waals surface area contributed by atoms with Crippen molar-refractivity contribution in [2.75, 3.05) is 33.4 Å². The summed E-state index contributed by atoms with van der Waals surface area (Å²) in [7, 11) is 1.44. The van der Waals surface area contributed by atoms with Crippen molar-refractivity contribution in [3.8, 4) is 11.5 Å². The molecule has 0 saturated carbocycles. The van der Waals surface area contributed by atoms with Crippen molar-refractivity contribution in [2.24, 2.45) is 0 Å². The minimum Gasteiger partial charge on any atom is -0.493 e. The fourth-order valence-corrected chi connectivity index (χ4v) is 5.30. The van der Waals surface area contributed by atoms with Crippen LogP contribution in [0.25, 0.3) is 0 Å². The molecule has 0 spiro atoms. The number of nitrogens with zero attached hydrogens (tertiary/aromatic N) is 1. The Bertz CT molecular complexity index is 1050. The molecule has 1 aromatic carbocycles. The topological polar surface area (TPSA) is 135 Å². The normalized spacial score (nSPS) is 23.1. The fraction of sp³-hybridized carbons (Fsp3) is 0.519. The van der Waals surface area contributed by atoms with Crippen LogP contribution < -0.4 is 14.8 Å². The Morgan fingerprint density at radius 2 is 2.13 bits per heavy atom. The molecule has 4 unspecified atom stereocenters. The number of hydrogen-bond acceptors (Lipinski definition) is 8. The minimum absolute atomic E-state index is 0.0611. The van der Waals surface area contributed by atoms with Gasteiger partial charge in [-0.3, -0.25) is 14.4 Å². The Morgan fingerprint density at radius 1 is 1.34 bits per heavy atom. The van der Waals surface area contributed by atoms with Crippen LogP contribution in [-0.4, -0.2) is 91.0 Å². The van der Waals surface area contributed by atoms with E-state index in [1.54, 1.807) is 17.0 Å². The van der Waals surface area contributed by atoms with E-state index in [0.29, 0.717) is 45.5 Å². The quantitative estimate of drug-likeness (QED) is 0.179. The van der Waals surface area contributed by atoms with Gasteiger partial charge >= 0.3 is 0 Å². The van der Waals surface area contributed by atoms with E-state index in [9.17, 15) is 24.6 Å². The number of aldehydes is 1. The molecule has 1 aliphatic heterocycles. The summed E-state index contributed by atoms with van der Waals surface area (Å²) in [5.74, 6) is -0.107. The Labute approximate surface area is 236 Å². The van der Waals surface area contributed by atoms with E-state index in [1.165, 1.54) is 25.3 Å². The van der Waals surface area contributed by atoms with Crippen molar-refractivity contribution >= 4 is 40.7 Å². The summed E-state index contributed by atoms with van der Waals surface area (Å²) in [6.45, 7) is 2.63. The maximum atomic E-state index is 13.3. The standard InChI is InChI=1S/C27H35IN2O8/c1-3-4-7-24(33)30(15-19-6-5-10-37-19)21-13-18(27(35)29-8-9-31)14-22(25(21)34)38-26-20(28)11-17(16-32)12-23(26)36-2/h4,7,11-12,14,16,19,21-22,25,31,34H,3,5-6,8-10,13,15H2,1-2H3,(H,29,35). The molecule has 4 atom stereocenters. The molecular weight excluding hydrogens is 607 g/mol. The number of methoxy groups -OCH3 is 1. The summed E-state index contributed by atoms with van der Waals surface area (Å²) < 4.78 is 18.0. The highest BCUT2D eigenvalue weighted by Gasteiger charge is 2.41.